The summed E-state index contributed by atoms with van der Waals surface area (Å²) in [5.74, 6) is 0. The van der Waals surface area contributed by atoms with Gasteiger partial charge in [0.25, 0.3) is 0 Å². The number of nitrogens with zero attached hydrogens (tertiary/aromatic N) is 1. The zero-order chi connectivity index (χ0) is 12.1. The second-order valence-electron chi connectivity index (χ2n) is 5.04. The van der Waals surface area contributed by atoms with E-state index in [1.807, 2.05) is 0 Å². The molecule has 0 amide bonds. The molecule has 0 aromatic heterocycles. The third kappa shape index (κ3) is 3.22. The third-order valence-electron chi connectivity index (χ3n) is 3.88. The molecule has 0 unspecified atom stereocenters. The van der Waals surface area contributed by atoms with Gasteiger partial charge in [-0.25, -0.2) is 0 Å². The van der Waals surface area contributed by atoms with Crippen molar-refractivity contribution < 1.29 is 0 Å². The Kier molecular flexibility index (Phi) is 4.44. The molecule has 1 fully saturated rings. The maximum atomic E-state index is 9.44. The van der Waals surface area contributed by atoms with E-state index in [0.29, 0.717) is 0 Å². The van der Waals surface area contributed by atoms with E-state index in [1.54, 1.807) is 0 Å². The maximum absolute atomic E-state index is 9.44. The molecule has 1 aliphatic carbocycles. The van der Waals surface area contributed by atoms with Gasteiger partial charge in [-0.2, -0.15) is 5.26 Å². The summed E-state index contributed by atoms with van der Waals surface area (Å²) in [5.41, 5.74) is 1.37. The highest BCUT2D eigenvalue weighted by atomic mass is 127. The first-order valence-corrected chi connectivity index (χ1v) is 7.48. The largest absolute Gasteiger partial charge is 0.198 e. The molecular formula is C15H18IN. The molecule has 0 bridgehead atoms. The summed E-state index contributed by atoms with van der Waals surface area (Å²) in [6.45, 7) is 0. The SMILES string of the molecule is N#CC1(CCc2ccccc2I)CCCCC1. The molecule has 0 saturated heterocycles. The summed E-state index contributed by atoms with van der Waals surface area (Å²) in [5, 5.41) is 9.44. The molecular weight excluding hydrogens is 321 g/mol. The van der Waals surface area contributed by atoms with Crippen LogP contribution < -0.4 is 0 Å². The molecule has 0 aliphatic heterocycles. The van der Waals surface area contributed by atoms with Crippen molar-refractivity contribution in [2.75, 3.05) is 0 Å². The Morgan fingerprint density at radius 3 is 2.53 bits per heavy atom. The summed E-state index contributed by atoms with van der Waals surface area (Å²) in [6, 6.07) is 11.1. The summed E-state index contributed by atoms with van der Waals surface area (Å²) < 4.78 is 1.33. The van der Waals surface area contributed by atoms with Gasteiger partial charge in [0.15, 0.2) is 0 Å². The lowest BCUT2D eigenvalue weighted by molar-refractivity contribution is 0.249. The number of nitriles is 1. The minimum absolute atomic E-state index is 0.0306. The van der Waals surface area contributed by atoms with Crippen LogP contribution in [-0.4, -0.2) is 0 Å². The van der Waals surface area contributed by atoms with Crippen molar-refractivity contribution in [2.45, 2.75) is 44.9 Å². The van der Waals surface area contributed by atoms with Gasteiger partial charge in [0, 0.05) is 3.57 Å². The number of halogens is 1. The molecule has 1 aromatic carbocycles. The second kappa shape index (κ2) is 5.86. The fourth-order valence-corrected chi connectivity index (χ4v) is 3.38. The first-order valence-electron chi connectivity index (χ1n) is 6.40. The van der Waals surface area contributed by atoms with Gasteiger partial charge in [-0.15, -0.1) is 0 Å². The number of hydrogen-bond donors (Lipinski definition) is 0. The van der Waals surface area contributed by atoms with Crippen LogP contribution in [0.3, 0.4) is 0 Å². The van der Waals surface area contributed by atoms with Gasteiger partial charge in [-0.05, 0) is 59.9 Å². The van der Waals surface area contributed by atoms with E-state index in [9.17, 15) is 5.26 Å². The molecule has 0 N–H and O–H groups in total. The van der Waals surface area contributed by atoms with Gasteiger partial charge >= 0.3 is 0 Å². The Hall–Kier alpha value is -0.560. The van der Waals surface area contributed by atoms with Gasteiger partial charge in [-0.3, -0.25) is 0 Å². The highest BCUT2D eigenvalue weighted by molar-refractivity contribution is 14.1. The first-order chi connectivity index (χ1) is 8.26. The van der Waals surface area contributed by atoms with Crippen LogP contribution >= 0.6 is 22.6 Å². The molecule has 2 rings (SSSR count). The molecule has 1 aromatic rings. The monoisotopic (exact) mass is 339 g/mol. The molecule has 90 valence electrons. The van der Waals surface area contributed by atoms with E-state index in [0.717, 1.165) is 25.7 Å². The van der Waals surface area contributed by atoms with Crippen molar-refractivity contribution in [2.24, 2.45) is 5.41 Å². The maximum Gasteiger partial charge on any atom is 0.0689 e. The Morgan fingerprint density at radius 2 is 1.88 bits per heavy atom. The molecule has 0 radical (unpaired) electrons. The zero-order valence-corrected chi connectivity index (χ0v) is 12.2. The van der Waals surface area contributed by atoms with E-state index < -0.39 is 0 Å². The second-order valence-corrected chi connectivity index (χ2v) is 6.21. The van der Waals surface area contributed by atoms with Crippen LogP contribution in [0, 0.1) is 20.3 Å². The van der Waals surface area contributed by atoms with Crippen LogP contribution in [0.5, 0.6) is 0 Å². The molecule has 0 heterocycles. The average Bonchev–Trinajstić information content (AvgIpc) is 2.39. The Balaban J connectivity index is 2.01. The van der Waals surface area contributed by atoms with Crippen LogP contribution in [0.4, 0.5) is 0 Å². The van der Waals surface area contributed by atoms with Crippen molar-refractivity contribution in [3.8, 4) is 6.07 Å². The third-order valence-corrected chi connectivity index (χ3v) is 4.93. The van der Waals surface area contributed by atoms with E-state index in [-0.39, 0.29) is 5.41 Å². The van der Waals surface area contributed by atoms with E-state index in [2.05, 4.69) is 52.9 Å². The van der Waals surface area contributed by atoms with Crippen LogP contribution in [-0.2, 0) is 6.42 Å². The van der Waals surface area contributed by atoms with Gasteiger partial charge < -0.3 is 0 Å². The Bertz CT molecular complexity index is 413. The summed E-state index contributed by atoms with van der Waals surface area (Å²) >= 11 is 2.39. The molecule has 1 saturated carbocycles. The smallest absolute Gasteiger partial charge is 0.0689 e. The molecule has 1 aliphatic rings. The minimum atomic E-state index is -0.0306. The molecule has 0 atom stereocenters. The minimum Gasteiger partial charge on any atom is -0.198 e. The van der Waals surface area contributed by atoms with Crippen LogP contribution in [0.2, 0.25) is 0 Å². The molecule has 0 spiro atoms. The van der Waals surface area contributed by atoms with Crippen LogP contribution in [0.1, 0.15) is 44.1 Å². The standard InChI is InChI=1S/C15H18IN/c16-14-7-3-2-6-13(14)8-11-15(12-17)9-4-1-5-10-15/h2-3,6-7H,1,4-5,8-11H2. The quantitative estimate of drug-likeness (QED) is 0.733. The van der Waals surface area contributed by atoms with E-state index in [1.165, 1.54) is 28.4 Å². The summed E-state index contributed by atoms with van der Waals surface area (Å²) in [6.07, 6.45) is 8.07. The lowest BCUT2D eigenvalue weighted by atomic mass is 9.72. The highest BCUT2D eigenvalue weighted by Gasteiger charge is 2.31. The Morgan fingerprint density at radius 1 is 1.18 bits per heavy atom. The number of benzene rings is 1. The van der Waals surface area contributed by atoms with E-state index >= 15 is 0 Å². The van der Waals surface area contributed by atoms with Crippen LogP contribution in [0.15, 0.2) is 24.3 Å². The topological polar surface area (TPSA) is 23.8 Å². The fourth-order valence-electron chi connectivity index (χ4n) is 2.72. The Labute approximate surface area is 117 Å². The van der Waals surface area contributed by atoms with Crippen molar-refractivity contribution in [3.05, 3.63) is 33.4 Å². The number of rotatable bonds is 3. The first kappa shape index (κ1) is 12.9. The van der Waals surface area contributed by atoms with Crippen molar-refractivity contribution in [1.29, 1.82) is 5.26 Å². The van der Waals surface area contributed by atoms with Crippen molar-refractivity contribution >= 4 is 22.6 Å². The lowest BCUT2D eigenvalue weighted by Gasteiger charge is -2.30. The summed E-state index contributed by atoms with van der Waals surface area (Å²) in [7, 11) is 0. The lowest BCUT2D eigenvalue weighted by Crippen LogP contribution is -2.23. The molecule has 1 nitrogen and oxygen atoms in total. The highest BCUT2D eigenvalue weighted by Crippen LogP contribution is 2.39. The van der Waals surface area contributed by atoms with Gasteiger partial charge in [0.2, 0.25) is 0 Å². The average molecular weight is 339 g/mol. The predicted octanol–water partition coefficient (Wildman–Crippen LogP) is 4.70. The summed E-state index contributed by atoms with van der Waals surface area (Å²) in [4.78, 5) is 0. The number of aryl methyl sites for hydroxylation is 1. The van der Waals surface area contributed by atoms with Crippen LogP contribution in [0.25, 0.3) is 0 Å². The molecule has 17 heavy (non-hydrogen) atoms. The zero-order valence-electron chi connectivity index (χ0n) is 10.1. The predicted molar refractivity (Wildman–Crippen MR) is 78.6 cm³/mol. The van der Waals surface area contributed by atoms with E-state index in [4.69, 9.17) is 0 Å². The van der Waals surface area contributed by atoms with Crippen molar-refractivity contribution in [1.82, 2.24) is 0 Å². The fraction of sp³-hybridized carbons (Fsp3) is 0.533. The van der Waals surface area contributed by atoms with Gasteiger partial charge in [0.05, 0.1) is 11.5 Å². The normalized spacial score (nSPS) is 18.6. The molecule has 2 heteroatoms. The van der Waals surface area contributed by atoms with Gasteiger partial charge in [0.1, 0.15) is 0 Å². The van der Waals surface area contributed by atoms with Gasteiger partial charge in [-0.1, -0.05) is 37.5 Å². The van der Waals surface area contributed by atoms with Crippen molar-refractivity contribution in [3.63, 3.8) is 0 Å². The number of hydrogen-bond acceptors (Lipinski definition) is 1.